The van der Waals surface area contributed by atoms with Gasteiger partial charge in [-0.25, -0.2) is 0 Å². The van der Waals surface area contributed by atoms with Crippen LogP contribution in [0.2, 0.25) is 0 Å². The minimum absolute atomic E-state index is 0.0157. The fourth-order valence-corrected chi connectivity index (χ4v) is 1.10. The number of esters is 1. The third-order valence-corrected chi connectivity index (χ3v) is 2.32. The number of ether oxygens (including phenoxy) is 1. The molecule has 0 aromatic carbocycles. The van der Waals surface area contributed by atoms with Gasteiger partial charge in [0.05, 0.1) is 11.5 Å². The van der Waals surface area contributed by atoms with Crippen molar-refractivity contribution in [1.82, 2.24) is 0 Å². The Morgan fingerprint density at radius 1 is 1.46 bits per heavy atom. The van der Waals surface area contributed by atoms with Gasteiger partial charge in [-0.05, 0) is 26.7 Å². The molecule has 0 amide bonds. The molecule has 0 heterocycles. The van der Waals surface area contributed by atoms with Crippen molar-refractivity contribution in [2.24, 2.45) is 0 Å². The average molecular weight is 205 g/mol. The maximum absolute atomic E-state index is 10.6. The molecule has 0 saturated heterocycles. The third-order valence-electron chi connectivity index (χ3n) is 1.73. The minimum atomic E-state index is -0.242. The highest BCUT2D eigenvalue weighted by molar-refractivity contribution is 6.22. The van der Waals surface area contributed by atoms with E-state index in [1.807, 2.05) is 13.8 Å². The van der Waals surface area contributed by atoms with E-state index in [4.69, 9.17) is 16.3 Å². The van der Waals surface area contributed by atoms with Gasteiger partial charge in [0.2, 0.25) is 0 Å². The Labute approximate surface area is 84.9 Å². The van der Waals surface area contributed by atoms with E-state index < -0.39 is 0 Å². The topological polar surface area (TPSA) is 26.3 Å². The summed E-state index contributed by atoms with van der Waals surface area (Å²) in [4.78, 5) is 10.6. The normalized spacial score (nSPS) is 14.8. The van der Waals surface area contributed by atoms with Gasteiger partial charge in [-0.1, -0.05) is 12.2 Å². The molecule has 0 aliphatic carbocycles. The van der Waals surface area contributed by atoms with E-state index in [2.05, 4.69) is 6.58 Å². The van der Waals surface area contributed by atoms with Gasteiger partial charge < -0.3 is 4.74 Å². The summed E-state index contributed by atoms with van der Waals surface area (Å²) >= 11 is 5.96. The average Bonchev–Trinajstić information content (AvgIpc) is 1.98. The van der Waals surface area contributed by atoms with Crippen molar-refractivity contribution in [2.75, 3.05) is 0 Å². The van der Waals surface area contributed by atoms with Crippen LogP contribution in [0.1, 0.15) is 33.6 Å². The molecule has 76 valence electrons. The zero-order chi connectivity index (χ0) is 10.4. The Morgan fingerprint density at radius 2 is 2.00 bits per heavy atom. The number of carbonyl (C=O) groups is 1. The van der Waals surface area contributed by atoms with E-state index in [1.165, 1.54) is 6.92 Å². The van der Waals surface area contributed by atoms with Crippen molar-refractivity contribution in [3.63, 3.8) is 0 Å². The molecular formula is C10H17ClO2. The SMILES string of the molecule is C=C(C)C(Cl)CCC(C)OC(C)=O. The summed E-state index contributed by atoms with van der Waals surface area (Å²) in [6.45, 7) is 8.93. The molecule has 0 rings (SSSR count). The van der Waals surface area contributed by atoms with E-state index >= 15 is 0 Å². The Morgan fingerprint density at radius 3 is 2.38 bits per heavy atom. The molecule has 0 spiro atoms. The van der Waals surface area contributed by atoms with Crippen molar-refractivity contribution in [3.05, 3.63) is 12.2 Å². The van der Waals surface area contributed by atoms with Gasteiger partial charge in [-0.2, -0.15) is 0 Å². The first-order valence-corrected chi connectivity index (χ1v) is 4.83. The van der Waals surface area contributed by atoms with Crippen molar-refractivity contribution in [3.8, 4) is 0 Å². The van der Waals surface area contributed by atoms with Crippen LogP contribution in [0.5, 0.6) is 0 Å². The number of alkyl halides is 1. The number of halogens is 1. The summed E-state index contributed by atoms with van der Waals surface area (Å²) in [5.74, 6) is -0.242. The zero-order valence-corrected chi connectivity index (χ0v) is 9.23. The van der Waals surface area contributed by atoms with E-state index in [1.54, 1.807) is 0 Å². The first kappa shape index (κ1) is 12.5. The smallest absolute Gasteiger partial charge is 0.302 e. The summed E-state index contributed by atoms with van der Waals surface area (Å²) < 4.78 is 4.95. The number of hydrogen-bond donors (Lipinski definition) is 0. The van der Waals surface area contributed by atoms with Crippen LogP contribution in [-0.4, -0.2) is 17.5 Å². The highest BCUT2D eigenvalue weighted by Gasteiger charge is 2.10. The molecule has 0 bridgehead atoms. The van der Waals surface area contributed by atoms with Crippen LogP contribution in [-0.2, 0) is 9.53 Å². The fourth-order valence-electron chi connectivity index (χ4n) is 0.970. The molecule has 13 heavy (non-hydrogen) atoms. The molecule has 0 aliphatic rings. The molecule has 2 nitrogen and oxygen atoms in total. The number of carbonyl (C=O) groups excluding carboxylic acids is 1. The van der Waals surface area contributed by atoms with Crippen molar-refractivity contribution in [2.45, 2.75) is 45.1 Å². The first-order valence-electron chi connectivity index (χ1n) is 4.40. The molecule has 3 heteroatoms. The number of allylic oxidation sites excluding steroid dienone is 1. The van der Waals surface area contributed by atoms with Gasteiger partial charge in [0, 0.05) is 6.92 Å². The third kappa shape index (κ3) is 6.64. The second-order valence-corrected chi connectivity index (χ2v) is 3.84. The fraction of sp³-hybridized carbons (Fsp3) is 0.700. The summed E-state index contributed by atoms with van der Waals surface area (Å²) in [5.41, 5.74) is 0.955. The molecule has 0 N–H and O–H groups in total. The Hall–Kier alpha value is -0.500. The lowest BCUT2D eigenvalue weighted by Gasteiger charge is -2.14. The Kier molecular flexibility index (Phi) is 5.80. The van der Waals surface area contributed by atoms with Gasteiger partial charge in [-0.3, -0.25) is 4.79 Å². The lowest BCUT2D eigenvalue weighted by Crippen LogP contribution is -2.14. The van der Waals surface area contributed by atoms with Gasteiger partial charge >= 0.3 is 5.97 Å². The van der Waals surface area contributed by atoms with Crippen LogP contribution < -0.4 is 0 Å². The van der Waals surface area contributed by atoms with Crippen LogP contribution in [0.3, 0.4) is 0 Å². The quantitative estimate of drug-likeness (QED) is 0.391. The van der Waals surface area contributed by atoms with Crippen LogP contribution in [0, 0.1) is 0 Å². The summed E-state index contributed by atoms with van der Waals surface area (Å²) in [5, 5.41) is -0.0157. The van der Waals surface area contributed by atoms with E-state index in [0.717, 1.165) is 18.4 Å². The molecule has 0 radical (unpaired) electrons. The predicted octanol–water partition coefficient (Wildman–Crippen LogP) is 2.90. The van der Waals surface area contributed by atoms with Crippen LogP contribution >= 0.6 is 11.6 Å². The maximum Gasteiger partial charge on any atom is 0.302 e. The lowest BCUT2D eigenvalue weighted by molar-refractivity contribution is -0.145. The molecule has 0 aromatic heterocycles. The van der Waals surface area contributed by atoms with Crippen molar-refractivity contribution < 1.29 is 9.53 Å². The molecule has 0 aliphatic heterocycles. The summed E-state index contributed by atoms with van der Waals surface area (Å²) in [6, 6.07) is 0. The number of hydrogen-bond acceptors (Lipinski definition) is 2. The summed E-state index contributed by atoms with van der Waals surface area (Å²) in [6.07, 6.45) is 1.52. The standard InChI is InChI=1S/C10H17ClO2/c1-7(2)10(11)6-5-8(3)13-9(4)12/h8,10H,1,5-6H2,2-4H3. The second-order valence-electron chi connectivity index (χ2n) is 3.31. The monoisotopic (exact) mass is 204 g/mol. The lowest BCUT2D eigenvalue weighted by atomic mass is 10.1. The van der Waals surface area contributed by atoms with Crippen LogP contribution in [0.15, 0.2) is 12.2 Å². The van der Waals surface area contributed by atoms with E-state index in [9.17, 15) is 4.79 Å². The molecule has 0 aromatic rings. The molecule has 2 unspecified atom stereocenters. The van der Waals surface area contributed by atoms with Gasteiger partial charge in [0.25, 0.3) is 0 Å². The van der Waals surface area contributed by atoms with Crippen LogP contribution in [0.25, 0.3) is 0 Å². The highest BCUT2D eigenvalue weighted by atomic mass is 35.5. The Balaban J connectivity index is 3.63. The molecule has 0 fully saturated rings. The predicted molar refractivity (Wildman–Crippen MR) is 54.9 cm³/mol. The van der Waals surface area contributed by atoms with Gasteiger partial charge in [0.1, 0.15) is 0 Å². The highest BCUT2D eigenvalue weighted by Crippen LogP contribution is 2.15. The molecule has 0 saturated carbocycles. The van der Waals surface area contributed by atoms with E-state index in [0.29, 0.717) is 0 Å². The maximum atomic E-state index is 10.6. The zero-order valence-electron chi connectivity index (χ0n) is 8.47. The first-order chi connectivity index (χ1) is 5.93. The number of rotatable bonds is 5. The van der Waals surface area contributed by atoms with Gasteiger partial charge in [0.15, 0.2) is 0 Å². The molecular weight excluding hydrogens is 188 g/mol. The Bertz CT molecular complexity index is 189. The van der Waals surface area contributed by atoms with Crippen molar-refractivity contribution in [1.29, 1.82) is 0 Å². The summed E-state index contributed by atoms with van der Waals surface area (Å²) in [7, 11) is 0. The van der Waals surface area contributed by atoms with E-state index in [-0.39, 0.29) is 17.5 Å². The second kappa shape index (κ2) is 6.03. The largest absolute Gasteiger partial charge is 0.463 e. The minimum Gasteiger partial charge on any atom is -0.463 e. The van der Waals surface area contributed by atoms with Gasteiger partial charge in [-0.15, -0.1) is 11.6 Å². The van der Waals surface area contributed by atoms with Crippen molar-refractivity contribution >= 4 is 17.6 Å². The van der Waals surface area contributed by atoms with Crippen LogP contribution in [0.4, 0.5) is 0 Å². The molecule has 2 atom stereocenters.